The predicted octanol–water partition coefficient (Wildman–Crippen LogP) is 5.31. The van der Waals surface area contributed by atoms with Crippen molar-refractivity contribution in [3.63, 3.8) is 0 Å². The molecule has 0 radical (unpaired) electrons. The van der Waals surface area contributed by atoms with Crippen molar-refractivity contribution < 1.29 is 14.3 Å². The van der Waals surface area contributed by atoms with E-state index in [9.17, 15) is 9.59 Å². The Balaban J connectivity index is 1.54. The summed E-state index contributed by atoms with van der Waals surface area (Å²) in [4.78, 5) is 31.1. The first-order chi connectivity index (χ1) is 18.1. The molecule has 2 aromatic heterocycles. The molecule has 0 saturated heterocycles. The number of hydrogen-bond acceptors (Lipinski definition) is 4. The van der Waals surface area contributed by atoms with Gasteiger partial charge in [-0.3, -0.25) is 9.59 Å². The maximum Gasteiger partial charge on any atom is 0.264 e. The van der Waals surface area contributed by atoms with Gasteiger partial charge in [0.05, 0.1) is 11.4 Å². The van der Waals surface area contributed by atoms with Crippen LogP contribution in [-0.4, -0.2) is 53.0 Å². The van der Waals surface area contributed by atoms with Crippen molar-refractivity contribution in [3.8, 4) is 0 Å². The van der Waals surface area contributed by atoms with Crippen LogP contribution < -0.4 is 0 Å². The lowest BCUT2D eigenvalue weighted by atomic mass is 10.2. The Bertz CT molecular complexity index is 1240. The van der Waals surface area contributed by atoms with Crippen LogP contribution in [0.3, 0.4) is 0 Å². The summed E-state index contributed by atoms with van der Waals surface area (Å²) in [5.74, 6) is -0.204. The Morgan fingerprint density at radius 1 is 0.838 bits per heavy atom. The van der Waals surface area contributed by atoms with E-state index in [0.29, 0.717) is 37.5 Å². The average molecular weight is 516 g/mol. The number of hydrogen-bond donors (Lipinski definition) is 0. The largest absolute Gasteiger partial charge is 0.385 e. The number of aromatic nitrogens is 1. The van der Waals surface area contributed by atoms with E-state index in [1.54, 1.807) is 18.1 Å². The molecule has 4 aromatic rings. The van der Waals surface area contributed by atoms with Gasteiger partial charge in [0.1, 0.15) is 6.54 Å². The van der Waals surface area contributed by atoms with Crippen LogP contribution in [0.2, 0.25) is 0 Å². The number of methoxy groups -OCH3 is 1. The van der Waals surface area contributed by atoms with Crippen LogP contribution >= 0.6 is 11.3 Å². The van der Waals surface area contributed by atoms with Crippen molar-refractivity contribution >= 4 is 23.2 Å². The van der Waals surface area contributed by atoms with Crippen LogP contribution in [0.4, 0.5) is 0 Å². The zero-order valence-corrected chi connectivity index (χ0v) is 22.0. The predicted molar refractivity (Wildman–Crippen MR) is 147 cm³/mol. The fourth-order valence-electron chi connectivity index (χ4n) is 4.23. The summed E-state index contributed by atoms with van der Waals surface area (Å²) in [6, 6.07) is 28.0. The highest BCUT2D eigenvalue weighted by atomic mass is 32.1. The van der Waals surface area contributed by atoms with Gasteiger partial charge in [-0.1, -0.05) is 66.7 Å². The second-order valence-electron chi connectivity index (χ2n) is 8.90. The van der Waals surface area contributed by atoms with Gasteiger partial charge >= 0.3 is 0 Å². The van der Waals surface area contributed by atoms with Gasteiger partial charge in [0.2, 0.25) is 5.91 Å². The molecule has 0 fully saturated rings. The first-order valence-electron chi connectivity index (χ1n) is 12.5. The number of carbonyl (C=O) groups is 2. The van der Waals surface area contributed by atoms with Crippen LogP contribution in [0.1, 0.15) is 32.9 Å². The molecule has 0 spiro atoms. The van der Waals surface area contributed by atoms with Gasteiger partial charge in [0.15, 0.2) is 0 Å². The van der Waals surface area contributed by atoms with Gasteiger partial charge < -0.3 is 19.1 Å². The van der Waals surface area contributed by atoms with Crippen molar-refractivity contribution in [2.24, 2.45) is 0 Å². The number of ether oxygens (including phenoxy) is 1. The fourth-order valence-corrected chi connectivity index (χ4v) is 4.92. The maximum absolute atomic E-state index is 13.8. The Morgan fingerprint density at radius 2 is 1.57 bits per heavy atom. The molecule has 0 N–H and O–H groups in total. The van der Waals surface area contributed by atoms with E-state index in [1.165, 1.54) is 16.9 Å². The highest BCUT2D eigenvalue weighted by Gasteiger charge is 2.24. The Labute approximate surface area is 222 Å². The average Bonchev–Trinajstić information content (AvgIpc) is 3.61. The van der Waals surface area contributed by atoms with Crippen molar-refractivity contribution in [1.29, 1.82) is 0 Å². The van der Waals surface area contributed by atoms with Gasteiger partial charge in [-0.15, -0.1) is 11.3 Å². The minimum absolute atomic E-state index is 0.0205. The van der Waals surface area contributed by atoms with E-state index >= 15 is 0 Å². The summed E-state index contributed by atoms with van der Waals surface area (Å²) in [6.07, 6.45) is 2.71. The fraction of sp³-hybridized carbons (Fsp3) is 0.267. The molecule has 192 valence electrons. The number of rotatable bonds is 13. The Kier molecular flexibility index (Phi) is 9.68. The molecule has 0 saturated carbocycles. The van der Waals surface area contributed by atoms with E-state index in [-0.39, 0.29) is 18.4 Å². The van der Waals surface area contributed by atoms with E-state index in [1.807, 2.05) is 77.1 Å². The molecular weight excluding hydrogens is 482 g/mol. The summed E-state index contributed by atoms with van der Waals surface area (Å²) in [5.41, 5.74) is 3.29. The minimum Gasteiger partial charge on any atom is -0.385 e. The van der Waals surface area contributed by atoms with Crippen molar-refractivity contribution in [1.82, 2.24) is 14.4 Å². The quantitative estimate of drug-likeness (QED) is 0.227. The van der Waals surface area contributed by atoms with Gasteiger partial charge in [0, 0.05) is 45.2 Å². The molecule has 2 aromatic carbocycles. The first-order valence-corrected chi connectivity index (χ1v) is 13.3. The van der Waals surface area contributed by atoms with Crippen LogP contribution in [-0.2, 0) is 29.2 Å². The molecule has 0 aliphatic carbocycles. The molecule has 7 heteroatoms. The van der Waals surface area contributed by atoms with Gasteiger partial charge in [-0.05, 0) is 41.1 Å². The maximum atomic E-state index is 13.8. The monoisotopic (exact) mass is 515 g/mol. The molecule has 2 heterocycles. The van der Waals surface area contributed by atoms with Gasteiger partial charge in [0.25, 0.3) is 5.91 Å². The summed E-state index contributed by atoms with van der Waals surface area (Å²) >= 11 is 1.39. The molecule has 0 bridgehead atoms. The topological polar surface area (TPSA) is 54.8 Å². The molecule has 0 unspecified atom stereocenters. The summed E-state index contributed by atoms with van der Waals surface area (Å²) in [5, 5.41) is 1.88. The number of amides is 2. The molecule has 0 atom stereocenters. The molecule has 4 rings (SSSR count). The van der Waals surface area contributed by atoms with Crippen molar-refractivity contribution in [2.45, 2.75) is 26.1 Å². The Hall–Kier alpha value is -3.68. The van der Waals surface area contributed by atoms with Gasteiger partial charge in [-0.25, -0.2) is 0 Å². The number of benzene rings is 2. The second kappa shape index (κ2) is 13.6. The lowest BCUT2D eigenvalue weighted by Gasteiger charge is -2.28. The zero-order chi connectivity index (χ0) is 25.9. The third kappa shape index (κ3) is 7.65. The number of thiophene rings is 1. The lowest BCUT2D eigenvalue weighted by Crippen LogP contribution is -2.43. The van der Waals surface area contributed by atoms with Crippen LogP contribution in [0.5, 0.6) is 0 Å². The minimum atomic E-state index is -0.119. The number of nitrogens with zero attached hydrogens (tertiary/aromatic N) is 3. The molecule has 6 nitrogen and oxygen atoms in total. The van der Waals surface area contributed by atoms with Crippen molar-refractivity contribution in [2.75, 3.05) is 26.8 Å². The summed E-state index contributed by atoms with van der Waals surface area (Å²) in [7, 11) is 1.64. The molecular formula is C30H33N3O3S. The second-order valence-corrected chi connectivity index (χ2v) is 9.85. The van der Waals surface area contributed by atoms with E-state index < -0.39 is 0 Å². The first kappa shape index (κ1) is 26.4. The standard InChI is InChI=1S/C30H33N3O3S/c1-36-19-10-18-32(30(35)28-16-9-20-37-28)24-29(34)33(22-26-13-6-3-7-14-26)23-27-15-8-17-31(27)21-25-11-4-2-5-12-25/h2-9,11-17,20H,10,18-19,21-24H2,1H3. The van der Waals surface area contributed by atoms with Gasteiger partial charge in [-0.2, -0.15) is 0 Å². The van der Waals surface area contributed by atoms with E-state index in [2.05, 4.69) is 22.8 Å². The van der Waals surface area contributed by atoms with E-state index in [4.69, 9.17) is 4.74 Å². The van der Waals surface area contributed by atoms with Crippen LogP contribution in [0, 0.1) is 0 Å². The highest BCUT2D eigenvalue weighted by Crippen LogP contribution is 2.16. The van der Waals surface area contributed by atoms with Crippen LogP contribution in [0.25, 0.3) is 0 Å². The van der Waals surface area contributed by atoms with E-state index in [0.717, 1.165) is 17.8 Å². The zero-order valence-electron chi connectivity index (χ0n) is 21.2. The van der Waals surface area contributed by atoms with Crippen molar-refractivity contribution in [3.05, 3.63) is 118 Å². The van der Waals surface area contributed by atoms with Crippen LogP contribution in [0.15, 0.2) is 96.5 Å². The molecule has 0 aliphatic heterocycles. The highest BCUT2D eigenvalue weighted by molar-refractivity contribution is 7.12. The lowest BCUT2D eigenvalue weighted by molar-refractivity contribution is -0.133. The third-order valence-corrected chi connectivity index (χ3v) is 7.02. The molecule has 37 heavy (non-hydrogen) atoms. The third-order valence-electron chi connectivity index (χ3n) is 6.16. The molecule has 0 aliphatic rings. The number of carbonyl (C=O) groups excluding carboxylic acids is 2. The SMILES string of the molecule is COCCCN(CC(=O)N(Cc1ccccc1)Cc1cccn1Cc1ccccc1)C(=O)c1cccs1. The summed E-state index contributed by atoms with van der Waals surface area (Å²) < 4.78 is 7.37. The normalized spacial score (nSPS) is 10.8. The summed E-state index contributed by atoms with van der Waals surface area (Å²) in [6.45, 7) is 2.66. The Morgan fingerprint density at radius 3 is 2.24 bits per heavy atom. The molecule has 2 amide bonds. The smallest absolute Gasteiger partial charge is 0.264 e.